The Kier molecular flexibility index (Phi) is 6.80. The van der Waals surface area contributed by atoms with Gasteiger partial charge in [-0.3, -0.25) is 4.79 Å². The number of carbonyl (C=O) groups excluding carboxylic acids is 1. The highest BCUT2D eigenvalue weighted by Gasteiger charge is 2.32. The smallest absolute Gasteiger partial charge is 0.311 e. The van der Waals surface area contributed by atoms with Gasteiger partial charge in [0.15, 0.2) is 5.16 Å². The normalized spacial score (nSPS) is 11.1. The minimum Gasteiger partial charge on any atom is -0.311 e. The van der Waals surface area contributed by atoms with Gasteiger partial charge in [-0.1, -0.05) is 17.8 Å². The summed E-state index contributed by atoms with van der Waals surface area (Å²) in [5, 5.41) is 8.72. The van der Waals surface area contributed by atoms with E-state index < -0.39 is 11.9 Å². The Hall–Kier alpha value is -2.60. The number of hydrogen-bond acceptors (Lipinski definition) is 5. The van der Waals surface area contributed by atoms with Gasteiger partial charge in [-0.25, -0.2) is 9.97 Å². The molecule has 142 valence electrons. The number of thioether (sulfide) groups is 1. The first-order valence-corrected chi connectivity index (χ1v) is 8.98. The highest BCUT2D eigenvalue weighted by Crippen LogP contribution is 2.28. The molecule has 0 N–H and O–H groups in total. The van der Waals surface area contributed by atoms with Crippen molar-refractivity contribution in [1.82, 2.24) is 9.97 Å². The van der Waals surface area contributed by atoms with Crippen molar-refractivity contribution in [3.8, 4) is 6.07 Å². The molecule has 2 aromatic rings. The third-order valence-electron chi connectivity index (χ3n) is 3.52. The Morgan fingerprint density at radius 3 is 2.52 bits per heavy atom. The highest BCUT2D eigenvalue weighted by atomic mass is 32.2. The van der Waals surface area contributed by atoms with Crippen molar-refractivity contribution < 1.29 is 18.0 Å². The molecule has 0 aliphatic carbocycles. The molecule has 1 aromatic heterocycles. The number of anilines is 1. The molecule has 1 heterocycles. The summed E-state index contributed by atoms with van der Waals surface area (Å²) < 4.78 is 38.2. The molecule has 9 heteroatoms. The van der Waals surface area contributed by atoms with Gasteiger partial charge < -0.3 is 4.90 Å². The third-order valence-corrected chi connectivity index (χ3v) is 4.36. The van der Waals surface area contributed by atoms with E-state index in [0.29, 0.717) is 5.69 Å². The molecule has 0 radical (unpaired) electrons. The second-order valence-electron chi connectivity index (χ2n) is 5.81. The number of aromatic nitrogens is 2. The van der Waals surface area contributed by atoms with E-state index in [1.54, 1.807) is 0 Å². The Morgan fingerprint density at radius 2 is 1.93 bits per heavy atom. The Morgan fingerprint density at radius 1 is 1.26 bits per heavy atom. The summed E-state index contributed by atoms with van der Waals surface area (Å²) in [6.07, 6.45) is -3.41. The SMILES string of the molecule is Cc1cc(C)cc(N(CCC#N)C(=O)CSc2nccc(C(F)(F)F)n2)c1. The molecule has 0 saturated heterocycles. The lowest BCUT2D eigenvalue weighted by atomic mass is 10.1. The second-order valence-corrected chi connectivity index (χ2v) is 6.75. The molecule has 0 spiro atoms. The lowest BCUT2D eigenvalue weighted by Crippen LogP contribution is -2.33. The molecule has 1 aromatic carbocycles. The molecule has 0 aliphatic heterocycles. The molecule has 1 amide bonds. The number of carbonyl (C=O) groups is 1. The minimum atomic E-state index is -4.57. The van der Waals surface area contributed by atoms with Crippen LogP contribution < -0.4 is 4.90 Å². The van der Waals surface area contributed by atoms with Gasteiger partial charge in [0.05, 0.1) is 18.2 Å². The zero-order valence-corrected chi connectivity index (χ0v) is 15.6. The van der Waals surface area contributed by atoms with Crippen LogP contribution in [0.1, 0.15) is 23.2 Å². The van der Waals surface area contributed by atoms with E-state index in [4.69, 9.17) is 5.26 Å². The van der Waals surface area contributed by atoms with E-state index in [-0.39, 0.29) is 29.8 Å². The van der Waals surface area contributed by atoms with Gasteiger partial charge >= 0.3 is 6.18 Å². The standard InChI is InChI=1S/C18H17F3N4OS/c1-12-8-13(2)10-14(9-12)25(7-3-5-22)16(26)11-27-17-23-6-4-15(24-17)18(19,20)21/h4,6,8-10H,3,7,11H2,1-2H3. The molecule has 27 heavy (non-hydrogen) atoms. The largest absolute Gasteiger partial charge is 0.433 e. The number of nitrogens with zero attached hydrogens (tertiary/aromatic N) is 4. The minimum absolute atomic E-state index is 0.126. The maximum absolute atomic E-state index is 12.7. The summed E-state index contributed by atoms with van der Waals surface area (Å²) in [4.78, 5) is 21.3. The average molecular weight is 394 g/mol. The number of halogens is 3. The molecule has 0 unspecified atom stereocenters. The average Bonchev–Trinajstić information content (AvgIpc) is 2.59. The number of hydrogen-bond donors (Lipinski definition) is 0. The van der Waals surface area contributed by atoms with Crippen molar-refractivity contribution >= 4 is 23.4 Å². The fourth-order valence-corrected chi connectivity index (χ4v) is 3.15. The molecular weight excluding hydrogens is 377 g/mol. The third kappa shape index (κ3) is 5.96. The van der Waals surface area contributed by atoms with E-state index in [0.717, 1.165) is 35.2 Å². The van der Waals surface area contributed by atoms with Crippen LogP contribution in [-0.2, 0) is 11.0 Å². The molecule has 2 rings (SSSR count). The lowest BCUT2D eigenvalue weighted by Gasteiger charge is -2.22. The Balaban J connectivity index is 2.16. The van der Waals surface area contributed by atoms with Crippen molar-refractivity contribution in [3.63, 3.8) is 0 Å². The molecule has 0 atom stereocenters. The maximum Gasteiger partial charge on any atom is 0.433 e. The zero-order chi connectivity index (χ0) is 20.0. The van der Waals surface area contributed by atoms with Crippen LogP contribution in [0.3, 0.4) is 0 Å². The van der Waals surface area contributed by atoms with E-state index in [1.807, 2.05) is 38.1 Å². The number of amides is 1. The fraction of sp³-hybridized carbons (Fsp3) is 0.333. The summed E-state index contributed by atoms with van der Waals surface area (Å²) >= 11 is 0.827. The topological polar surface area (TPSA) is 69.9 Å². The molecule has 0 saturated carbocycles. The second kappa shape index (κ2) is 8.86. The Labute approximate surface area is 159 Å². The van der Waals surface area contributed by atoms with Crippen LogP contribution in [0, 0.1) is 25.2 Å². The summed E-state index contributed by atoms with van der Waals surface area (Å²) in [6, 6.07) is 8.39. The molecule has 0 bridgehead atoms. The summed E-state index contributed by atoms with van der Waals surface area (Å²) in [5.74, 6) is -0.471. The van der Waals surface area contributed by atoms with Crippen LogP contribution >= 0.6 is 11.8 Å². The van der Waals surface area contributed by atoms with Crippen molar-refractivity contribution in [2.24, 2.45) is 0 Å². The van der Waals surface area contributed by atoms with E-state index in [1.165, 1.54) is 4.90 Å². The number of aryl methyl sites for hydroxylation is 2. The predicted molar refractivity (Wildman–Crippen MR) is 96.3 cm³/mol. The maximum atomic E-state index is 12.7. The monoisotopic (exact) mass is 394 g/mol. The van der Waals surface area contributed by atoms with E-state index >= 15 is 0 Å². The van der Waals surface area contributed by atoms with Crippen molar-refractivity contribution in [2.45, 2.75) is 31.6 Å². The van der Waals surface area contributed by atoms with Crippen LogP contribution in [0.5, 0.6) is 0 Å². The highest BCUT2D eigenvalue weighted by molar-refractivity contribution is 7.99. The van der Waals surface area contributed by atoms with Gasteiger partial charge in [0.1, 0.15) is 5.69 Å². The number of nitriles is 1. The number of rotatable bonds is 6. The molecule has 0 fully saturated rings. The Bertz CT molecular complexity index is 844. The van der Waals surface area contributed by atoms with Crippen LogP contribution in [0.4, 0.5) is 18.9 Å². The van der Waals surface area contributed by atoms with Crippen LogP contribution in [-0.4, -0.2) is 28.2 Å². The predicted octanol–water partition coefficient (Wildman–Crippen LogP) is 4.15. The van der Waals surface area contributed by atoms with Gasteiger partial charge in [-0.2, -0.15) is 18.4 Å². The van der Waals surface area contributed by atoms with Gasteiger partial charge in [-0.15, -0.1) is 0 Å². The van der Waals surface area contributed by atoms with Crippen LogP contribution in [0.2, 0.25) is 0 Å². The number of benzene rings is 1. The quantitative estimate of drug-likeness (QED) is 0.544. The van der Waals surface area contributed by atoms with Crippen LogP contribution in [0.15, 0.2) is 35.6 Å². The summed E-state index contributed by atoms with van der Waals surface area (Å²) in [7, 11) is 0. The van der Waals surface area contributed by atoms with Gasteiger partial charge in [0, 0.05) is 18.4 Å². The fourth-order valence-electron chi connectivity index (χ4n) is 2.44. The van der Waals surface area contributed by atoms with Gasteiger partial charge in [0.25, 0.3) is 0 Å². The molecule has 0 aliphatic rings. The summed E-state index contributed by atoms with van der Waals surface area (Å²) in [6.45, 7) is 3.99. The summed E-state index contributed by atoms with van der Waals surface area (Å²) in [5.41, 5.74) is 1.53. The number of alkyl halides is 3. The molecular formula is C18H17F3N4OS. The van der Waals surface area contributed by atoms with Crippen molar-refractivity contribution in [1.29, 1.82) is 5.26 Å². The van der Waals surface area contributed by atoms with Crippen LogP contribution in [0.25, 0.3) is 0 Å². The first-order valence-electron chi connectivity index (χ1n) is 7.99. The van der Waals surface area contributed by atoms with Crippen molar-refractivity contribution in [3.05, 3.63) is 47.3 Å². The first kappa shape index (κ1) is 20.7. The van der Waals surface area contributed by atoms with Gasteiger partial charge in [-0.05, 0) is 43.2 Å². The van der Waals surface area contributed by atoms with E-state index in [2.05, 4.69) is 9.97 Å². The lowest BCUT2D eigenvalue weighted by molar-refractivity contribution is -0.141. The zero-order valence-electron chi connectivity index (χ0n) is 14.7. The first-order chi connectivity index (χ1) is 12.7. The van der Waals surface area contributed by atoms with Gasteiger partial charge in [0.2, 0.25) is 5.91 Å². The van der Waals surface area contributed by atoms with E-state index in [9.17, 15) is 18.0 Å². The van der Waals surface area contributed by atoms with Crippen molar-refractivity contribution in [2.75, 3.05) is 17.2 Å². The molecule has 5 nitrogen and oxygen atoms in total.